The molecule has 5 heteroatoms. The summed E-state index contributed by atoms with van der Waals surface area (Å²) in [6.45, 7) is 8.13. The largest absolute Gasteiger partial charge is 0.493 e. The molecule has 5 nitrogen and oxygen atoms in total. The third-order valence-corrected chi connectivity index (χ3v) is 9.94. The second kappa shape index (κ2) is 34.7. The topological polar surface area (TPSA) is 59.0 Å². The van der Waals surface area contributed by atoms with Gasteiger partial charge in [-0.3, -0.25) is 4.79 Å². The highest BCUT2D eigenvalue weighted by Gasteiger charge is 2.34. The Morgan fingerprint density at radius 1 is 0.574 bits per heavy atom. The standard InChI is InChI=1S/C49H83NO4/c1-6-8-10-12-14-16-18-20-22-24-26-28-30-32-34-36-38-53-46-40-45(43-49(3,48(51)52)44-50(4)5)41-47(42-46)54-39-37-35-33-31-29-27-25-23-21-19-17-15-13-11-9-7-2/h14-17,20-23,40-42H,6-13,18-19,24-39,43-44H2,1-5H3,(H,51,52)/b16-14-,17-15-,22-20-,23-21-. The van der Waals surface area contributed by atoms with Gasteiger partial charge >= 0.3 is 5.97 Å². The number of hydrogen-bond donors (Lipinski definition) is 1. The SMILES string of the molecule is CCCCC/C=C\C/C=C\CCCCCCCCOc1cc(CC(C)(CN(C)C)C(=O)O)cc(OCCCCCCCC/C=C\C/C=C\CCCCC)c1. The number of aliphatic carboxylic acids is 1. The first-order valence-electron chi connectivity index (χ1n) is 22.2. The maximum atomic E-state index is 12.3. The van der Waals surface area contributed by atoms with Gasteiger partial charge in [-0.2, -0.15) is 0 Å². The van der Waals surface area contributed by atoms with Crippen LogP contribution in [0.4, 0.5) is 0 Å². The number of hydrogen-bond acceptors (Lipinski definition) is 4. The molecule has 1 N–H and O–H groups in total. The molecule has 0 saturated carbocycles. The summed E-state index contributed by atoms with van der Waals surface area (Å²) in [4.78, 5) is 14.3. The number of carbonyl (C=O) groups is 1. The first kappa shape index (κ1) is 49.2. The Kier molecular flexibility index (Phi) is 31.6. The number of allylic oxidation sites excluding steroid dienone is 8. The average molecular weight is 750 g/mol. The summed E-state index contributed by atoms with van der Waals surface area (Å²) in [5, 5.41) is 10.1. The Hall–Kier alpha value is -2.79. The molecule has 0 amide bonds. The van der Waals surface area contributed by atoms with E-state index in [-0.39, 0.29) is 0 Å². The molecular formula is C49H83NO4. The normalized spacial score (nSPS) is 13.3. The van der Waals surface area contributed by atoms with Gasteiger partial charge in [-0.15, -0.1) is 0 Å². The molecule has 0 aliphatic rings. The Morgan fingerprint density at radius 3 is 1.31 bits per heavy atom. The zero-order valence-corrected chi connectivity index (χ0v) is 35.8. The van der Waals surface area contributed by atoms with Crippen molar-refractivity contribution in [2.45, 2.75) is 181 Å². The summed E-state index contributed by atoms with van der Waals surface area (Å²) in [6, 6.07) is 6.01. The number of carboxylic acids is 1. The Bertz CT molecular complexity index is 1080. The highest BCUT2D eigenvalue weighted by molar-refractivity contribution is 5.75. The first-order chi connectivity index (χ1) is 26.3. The fraction of sp³-hybridized carbons (Fsp3) is 0.694. The van der Waals surface area contributed by atoms with Crippen molar-refractivity contribution in [1.82, 2.24) is 4.90 Å². The summed E-state index contributed by atoms with van der Waals surface area (Å²) in [7, 11) is 3.85. The van der Waals surface area contributed by atoms with Crippen LogP contribution in [0, 0.1) is 5.41 Å². The molecule has 1 unspecified atom stereocenters. The minimum absolute atomic E-state index is 0.421. The molecule has 0 heterocycles. The lowest BCUT2D eigenvalue weighted by atomic mass is 9.83. The van der Waals surface area contributed by atoms with Gasteiger partial charge in [-0.25, -0.2) is 0 Å². The highest BCUT2D eigenvalue weighted by Crippen LogP contribution is 2.30. The third kappa shape index (κ3) is 28.6. The second-order valence-corrected chi connectivity index (χ2v) is 16.0. The molecule has 0 bridgehead atoms. The van der Waals surface area contributed by atoms with Crippen LogP contribution in [-0.4, -0.2) is 49.8 Å². The van der Waals surface area contributed by atoms with Crippen molar-refractivity contribution >= 4 is 5.97 Å². The van der Waals surface area contributed by atoms with Gasteiger partial charge in [0.25, 0.3) is 0 Å². The number of nitrogens with zero attached hydrogens (tertiary/aromatic N) is 1. The van der Waals surface area contributed by atoms with Crippen LogP contribution in [0.1, 0.15) is 180 Å². The predicted octanol–water partition coefficient (Wildman–Crippen LogP) is 14.3. The number of rotatable bonds is 37. The minimum Gasteiger partial charge on any atom is -0.493 e. The molecule has 0 aliphatic heterocycles. The molecular weight excluding hydrogens is 667 g/mol. The molecule has 1 rings (SSSR count). The van der Waals surface area contributed by atoms with Crippen LogP contribution in [0.5, 0.6) is 11.5 Å². The van der Waals surface area contributed by atoms with Crippen molar-refractivity contribution in [3.63, 3.8) is 0 Å². The summed E-state index contributed by atoms with van der Waals surface area (Å²) in [6.07, 6.45) is 48.2. The fourth-order valence-corrected chi connectivity index (χ4v) is 6.81. The van der Waals surface area contributed by atoms with Crippen molar-refractivity contribution in [3.8, 4) is 11.5 Å². The van der Waals surface area contributed by atoms with Gasteiger partial charge in [0.2, 0.25) is 0 Å². The summed E-state index contributed by atoms with van der Waals surface area (Å²) in [5.41, 5.74) is 0.0456. The number of unbranched alkanes of at least 4 members (excludes halogenated alkanes) is 18. The van der Waals surface area contributed by atoms with Gasteiger partial charge in [-0.05, 0) is 122 Å². The van der Waals surface area contributed by atoms with Gasteiger partial charge in [0, 0.05) is 12.6 Å². The third-order valence-electron chi connectivity index (χ3n) is 9.94. The molecule has 0 aliphatic carbocycles. The van der Waals surface area contributed by atoms with Gasteiger partial charge in [0.15, 0.2) is 0 Å². The lowest BCUT2D eigenvalue weighted by Crippen LogP contribution is -2.39. The smallest absolute Gasteiger partial charge is 0.310 e. The van der Waals surface area contributed by atoms with Gasteiger partial charge < -0.3 is 19.5 Å². The van der Waals surface area contributed by atoms with E-state index >= 15 is 0 Å². The van der Waals surface area contributed by atoms with Crippen molar-refractivity contribution in [3.05, 3.63) is 72.4 Å². The molecule has 1 atom stereocenters. The van der Waals surface area contributed by atoms with Crippen LogP contribution >= 0.6 is 0 Å². The van der Waals surface area contributed by atoms with E-state index in [1.165, 1.54) is 116 Å². The van der Waals surface area contributed by atoms with E-state index < -0.39 is 11.4 Å². The summed E-state index contributed by atoms with van der Waals surface area (Å²) < 4.78 is 12.5. The van der Waals surface area contributed by atoms with Gasteiger partial charge in [0.05, 0.1) is 18.6 Å². The van der Waals surface area contributed by atoms with E-state index in [9.17, 15) is 9.90 Å². The molecule has 308 valence electrons. The molecule has 0 spiro atoms. The van der Waals surface area contributed by atoms with E-state index in [0.717, 1.165) is 55.6 Å². The number of carboxylic acid groups (broad SMARTS) is 1. The van der Waals surface area contributed by atoms with Crippen molar-refractivity contribution < 1.29 is 19.4 Å². The summed E-state index contributed by atoms with van der Waals surface area (Å²) in [5.74, 6) is 0.770. The second-order valence-electron chi connectivity index (χ2n) is 16.0. The first-order valence-corrected chi connectivity index (χ1v) is 22.2. The number of benzene rings is 1. The molecule has 0 aromatic heterocycles. The van der Waals surface area contributed by atoms with E-state index in [1.54, 1.807) is 0 Å². The van der Waals surface area contributed by atoms with Crippen LogP contribution in [0.15, 0.2) is 66.8 Å². The zero-order chi connectivity index (χ0) is 39.4. The van der Waals surface area contributed by atoms with Crippen molar-refractivity contribution in [1.29, 1.82) is 0 Å². The average Bonchev–Trinajstić information content (AvgIpc) is 3.13. The quantitative estimate of drug-likeness (QED) is 0.0542. The molecule has 54 heavy (non-hydrogen) atoms. The molecule has 1 aromatic carbocycles. The van der Waals surface area contributed by atoms with Crippen LogP contribution in [0.3, 0.4) is 0 Å². The minimum atomic E-state index is -0.902. The lowest BCUT2D eigenvalue weighted by Gasteiger charge is -2.28. The van der Waals surface area contributed by atoms with Crippen molar-refractivity contribution in [2.75, 3.05) is 33.9 Å². The molecule has 0 fully saturated rings. The van der Waals surface area contributed by atoms with E-state index in [2.05, 4.69) is 62.5 Å². The van der Waals surface area contributed by atoms with Crippen molar-refractivity contribution in [2.24, 2.45) is 5.41 Å². The van der Waals surface area contributed by atoms with E-state index in [0.29, 0.717) is 26.2 Å². The highest BCUT2D eigenvalue weighted by atomic mass is 16.5. The Morgan fingerprint density at radius 2 is 0.944 bits per heavy atom. The molecule has 1 aromatic rings. The van der Waals surface area contributed by atoms with Crippen LogP contribution in [0.2, 0.25) is 0 Å². The van der Waals surface area contributed by atoms with Crippen LogP contribution in [-0.2, 0) is 11.2 Å². The Labute approximate surface area is 333 Å². The summed E-state index contributed by atoms with van der Waals surface area (Å²) >= 11 is 0. The van der Waals surface area contributed by atoms with Crippen LogP contribution < -0.4 is 9.47 Å². The maximum absolute atomic E-state index is 12.3. The van der Waals surface area contributed by atoms with E-state index in [1.807, 2.05) is 44.1 Å². The maximum Gasteiger partial charge on any atom is 0.310 e. The predicted molar refractivity (Wildman–Crippen MR) is 234 cm³/mol. The Balaban J connectivity index is 2.41. The number of ether oxygens (including phenoxy) is 2. The monoisotopic (exact) mass is 750 g/mol. The molecule has 0 radical (unpaired) electrons. The molecule has 0 saturated heterocycles. The van der Waals surface area contributed by atoms with E-state index in [4.69, 9.17) is 9.47 Å². The van der Waals surface area contributed by atoms with Gasteiger partial charge in [0.1, 0.15) is 11.5 Å². The van der Waals surface area contributed by atoms with Crippen LogP contribution in [0.25, 0.3) is 0 Å². The van der Waals surface area contributed by atoms with Gasteiger partial charge in [-0.1, -0.05) is 140 Å². The zero-order valence-electron chi connectivity index (χ0n) is 35.8. The lowest BCUT2D eigenvalue weighted by molar-refractivity contribution is -0.148. The fourth-order valence-electron chi connectivity index (χ4n) is 6.81.